The maximum atomic E-state index is 11.3. The average molecular weight is 263 g/mol. The predicted molar refractivity (Wildman–Crippen MR) is 59.2 cm³/mol. The van der Waals surface area contributed by atoms with Crippen molar-refractivity contribution in [2.75, 3.05) is 13.7 Å². The number of hydrogen-bond donors (Lipinski definition) is 2. The SMILES string of the molecule is COCCCn1cc(S(N)(=O)=O)c(=O)[nH]c1=O. The molecule has 0 aliphatic rings. The number of H-pyrrole nitrogens is 1. The number of nitrogens with zero attached hydrogens (tertiary/aromatic N) is 1. The zero-order chi connectivity index (χ0) is 13.1. The van der Waals surface area contributed by atoms with Gasteiger partial charge in [-0.2, -0.15) is 0 Å². The van der Waals surface area contributed by atoms with Gasteiger partial charge in [-0.25, -0.2) is 18.4 Å². The molecule has 0 fully saturated rings. The molecule has 1 heterocycles. The van der Waals surface area contributed by atoms with Gasteiger partial charge in [0.05, 0.1) is 0 Å². The predicted octanol–water partition coefficient (Wildman–Crippen LogP) is -1.78. The number of nitrogens with one attached hydrogen (secondary N) is 1. The van der Waals surface area contributed by atoms with E-state index in [4.69, 9.17) is 9.88 Å². The van der Waals surface area contributed by atoms with Gasteiger partial charge in [0.25, 0.3) is 5.56 Å². The molecule has 0 radical (unpaired) electrons. The van der Waals surface area contributed by atoms with E-state index in [1.807, 2.05) is 4.98 Å². The second kappa shape index (κ2) is 5.25. The topological polar surface area (TPSA) is 124 Å². The minimum atomic E-state index is -4.14. The van der Waals surface area contributed by atoms with E-state index in [2.05, 4.69) is 0 Å². The van der Waals surface area contributed by atoms with Gasteiger partial charge >= 0.3 is 5.69 Å². The molecule has 0 amide bonds. The third kappa shape index (κ3) is 3.51. The third-order valence-corrected chi connectivity index (χ3v) is 2.94. The quantitative estimate of drug-likeness (QED) is 0.608. The van der Waals surface area contributed by atoms with Crippen LogP contribution in [0.1, 0.15) is 6.42 Å². The van der Waals surface area contributed by atoms with Crippen molar-refractivity contribution in [1.29, 1.82) is 0 Å². The molecule has 0 saturated heterocycles. The first-order valence-corrected chi connectivity index (χ1v) is 6.26. The second-order valence-electron chi connectivity index (χ2n) is 3.34. The Bertz CT molecular complexity index is 600. The van der Waals surface area contributed by atoms with Crippen LogP contribution >= 0.6 is 0 Å². The molecule has 0 bridgehead atoms. The molecule has 1 aromatic heterocycles. The molecule has 17 heavy (non-hydrogen) atoms. The molecule has 9 heteroatoms. The number of nitrogens with two attached hydrogens (primary N) is 1. The summed E-state index contributed by atoms with van der Waals surface area (Å²) >= 11 is 0. The van der Waals surface area contributed by atoms with E-state index in [-0.39, 0.29) is 6.54 Å². The van der Waals surface area contributed by atoms with Gasteiger partial charge in [-0.05, 0) is 6.42 Å². The van der Waals surface area contributed by atoms with Gasteiger partial charge in [-0.1, -0.05) is 0 Å². The molecule has 3 N–H and O–H groups in total. The maximum absolute atomic E-state index is 11.3. The summed E-state index contributed by atoms with van der Waals surface area (Å²) < 4.78 is 28.0. The normalized spacial score (nSPS) is 11.6. The minimum Gasteiger partial charge on any atom is -0.385 e. The van der Waals surface area contributed by atoms with Gasteiger partial charge in [0, 0.05) is 26.5 Å². The number of methoxy groups -OCH3 is 1. The molecule has 0 aromatic carbocycles. The van der Waals surface area contributed by atoms with E-state index in [9.17, 15) is 18.0 Å². The Morgan fingerprint density at radius 2 is 2.12 bits per heavy atom. The summed E-state index contributed by atoms with van der Waals surface area (Å²) in [4.78, 5) is 23.8. The van der Waals surface area contributed by atoms with Gasteiger partial charge in [-0.3, -0.25) is 14.3 Å². The highest BCUT2D eigenvalue weighted by atomic mass is 32.2. The zero-order valence-corrected chi connectivity index (χ0v) is 9.99. The summed E-state index contributed by atoms with van der Waals surface area (Å²) in [5.74, 6) is 0. The molecule has 0 atom stereocenters. The van der Waals surface area contributed by atoms with Crippen LogP contribution in [0.15, 0.2) is 20.7 Å². The van der Waals surface area contributed by atoms with Crippen LogP contribution in [0.25, 0.3) is 0 Å². The summed E-state index contributed by atoms with van der Waals surface area (Å²) in [6, 6.07) is 0. The molecular formula is C8H13N3O5S. The number of ether oxygens (including phenoxy) is 1. The lowest BCUT2D eigenvalue weighted by Gasteiger charge is -2.05. The molecule has 0 spiro atoms. The van der Waals surface area contributed by atoms with E-state index >= 15 is 0 Å². The molecule has 1 rings (SSSR count). The van der Waals surface area contributed by atoms with E-state index in [1.165, 1.54) is 7.11 Å². The Morgan fingerprint density at radius 3 is 2.65 bits per heavy atom. The summed E-state index contributed by atoms with van der Waals surface area (Å²) in [6.07, 6.45) is 1.44. The summed E-state index contributed by atoms with van der Waals surface area (Å²) in [5, 5.41) is 4.84. The fourth-order valence-electron chi connectivity index (χ4n) is 1.24. The van der Waals surface area contributed by atoms with Crippen molar-refractivity contribution in [3.63, 3.8) is 0 Å². The molecular weight excluding hydrogens is 250 g/mol. The van der Waals surface area contributed by atoms with Gasteiger partial charge in [-0.15, -0.1) is 0 Å². The lowest BCUT2D eigenvalue weighted by atomic mass is 10.4. The van der Waals surface area contributed by atoms with E-state index in [1.54, 1.807) is 0 Å². The van der Waals surface area contributed by atoms with Crippen molar-refractivity contribution >= 4 is 10.0 Å². The average Bonchev–Trinajstić information content (AvgIpc) is 2.19. The van der Waals surface area contributed by atoms with Crippen LogP contribution in [0.2, 0.25) is 0 Å². The third-order valence-electron chi connectivity index (χ3n) is 2.03. The summed E-state index contributed by atoms with van der Waals surface area (Å²) in [7, 11) is -2.63. The molecule has 8 nitrogen and oxygen atoms in total. The van der Waals surface area contributed by atoms with Crippen molar-refractivity contribution in [3.05, 3.63) is 27.0 Å². The monoisotopic (exact) mass is 263 g/mol. The standard InChI is InChI=1S/C8H13N3O5S/c1-16-4-2-3-11-5-6(17(9,14)15)7(12)10-8(11)13/h5H,2-4H2,1H3,(H2,9,14,15)(H,10,12,13). The van der Waals surface area contributed by atoms with Crippen molar-refractivity contribution in [2.45, 2.75) is 17.9 Å². The molecule has 96 valence electrons. The fourth-order valence-corrected chi connectivity index (χ4v) is 1.82. The Labute approximate surface area is 97.1 Å². The fraction of sp³-hybridized carbons (Fsp3) is 0.500. The van der Waals surface area contributed by atoms with Crippen LogP contribution in [0.5, 0.6) is 0 Å². The number of aromatic amines is 1. The Balaban J connectivity index is 3.16. The maximum Gasteiger partial charge on any atom is 0.328 e. The van der Waals surface area contributed by atoms with Crippen molar-refractivity contribution in [2.24, 2.45) is 5.14 Å². The van der Waals surface area contributed by atoms with E-state index in [0.29, 0.717) is 13.0 Å². The largest absolute Gasteiger partial charge is 0.385 e. The van der Waals surface area contributed by atoms with Gasteiger partial charge in [0.1, 0.15) is 0 Å². The van der Waals surface area contributed by atoms with Crippen LogP contribution < -0.4 is 16.4 Å². The Kier molecular flexibility index (Phi) is 4.21. The van der Waals surface area contributed by atoms with Crippen LogP contribution in [-0.2, 0) is 21.3 Å². The minimum absolute atomic E-state index is 0.228. The number of hydrogen-bond acceptors (Lipinski definition) is 5. The van der Waals surface area contributed by atoms with Crippen molar-refractivity contribution in [3.8, 4) is 0 Å². The highest BCUT2D eigenvalue weighted by molar-refractivity contribution is 7.89. The van der Waals surface area contributed by atoms with Crippen molar-refractivity contribution in [1.82, 2.24) is 9.55 Å². The Morgan fingerprint density at radius 1 is 1.47 bits per heavy atom. The van der Waals surface area contributed by atoms with Crippen LogP contribution in [0, 0.1) is 0 Å². The smallest absolute Gasteiger partial charge is 0.328 e. The number of sulfonamides is 1. The summed E-state index contributed by atoms with van der Waals surface area (Å²) in [6.45, 7) is 0.641. The lowest BCUT2D eigenvalue weighted by molar-refractivity contribution is 0.189. The number of aryl methyl sites for hydroxylation is 1. The molecule has 0 aliphatic carbocycles. The van der Waals surface area contributed by atoms with Crippen LogP contribution in [0.4, 0.5) is 0 Å². The Hall–Kier alpha value is -1.45. The highest BCUT2D eigenvalue weighted by Crippen LogP contribution is 1.96. The van der Waals surface area contributed by atoms with E-state index < -0.39 is 26.2 Å². The van der Waals surface area contributed by atoms with Gasteiger partial charge < -0.3 is 4.74 Å². The number of aromatic nitrogens is 2. The van der Waals surface area contributed by atoms with Gasteiger partial charge in [0.2, 0.25) is 10.0 Å². The van der Waals surface area contributed by atoms with E-state index in [0.717, 1.165) is 10.8 Å². The molecule has 0 aliphatic heterocycles. The summed E-state index contributed by atoms with van der Waals surface area (Å²) in [5.41, 5.74) is -1.70. The molecule has 0 unspecified atom stereocenters. The lowest BCUT2D eigenvalue weighted by Crippen LogP contribution is -2.34. The first kappa shape index (κ1) is 13.6. The molecule has 0 saturated carbocycles. The first-order chi connectivity index (χ1) is 7.86. The van der Waals surface area contributed by atoms with Crippen molar-refractivity contribution < 1.29 is 13.2 Å². The number of primary sulfonamides is 1. The second-order valence-corrected chi connectivity index (χ2v) is 4.87. The molecule has 1 aromatic rings. The first-order valence-electron chi connectivity index (χ1n) is 4.72. The van der Waals surface area contributed by atoms with Crippen LogP contribution in [0.3, 0.4) is 0 Å². The van der Waals surface area contributed by atoms with Gasteiger partial charge in [0.15, 0.2) is 4.90 Å². The van der Waals surface area contributed by atoms with Crippen LogP contribution in [-0.4, -0.2) is 31.7 Å². The number of rotatable bonds is 5. The zero-order valence-electron chi connectivity index (χ0n) is 9.17. The highest BCUT2D eigenvalue weighted by Gasteiger charge is 2.15.